The van der Waals surface area contributed by atoms with Gasteiger partial charge in [0, 0.05) is 50.1 Å². The Morgan fingerprint density at radius 2 is 1.71 bits per heavy atom. The summed E-state index contributed by atoms with van der Waals surface area (Å²) in [6.45, 7) is 20.6. The molecular weight excluding hydrogens is 520 g/mol. The number of carbonyl (C=O) groups is 2. The summed E-state index contributed by atoms with van der Waals surface area (Å²) >= 11 is 0. The first kappa shape index (κ1) is 38.4. The van der Waals surface area contributed by atoms with E-state index in [-0.39, 0.29) is 5.78 Å². The van der Waals surface area contributed by atoms with E-state index in [0.29, 0.717) is 12.2 Å². The molecule has 0 atom stereocenters. The molecular formula is C36H56N4O2. The van der Waals surface area contributed by atoms with Crippen molar-refractivity contribution in [3.8, 4) is 0 Å². The molecule has 232 valence electrons. The number of allylic oxidation sites excluding steroid dienone is 5. The third-order valence-corrected chi connectivity index (χ3v) is 6.74. The summed E-state index contributed by atoms with van der Waals surface area (Å²) in [7, 11) is 0. The van der Waals surface area contributed by atoms with Crippen molar-refractivity contribution < 1.29 is 9.59 Å². The molecule has 4 rings (SSSR count). The first-order valence-corrected chi connectivity index (χ1v) is 15.2. The summed E-state index contributed by atoms with van der Waals surface area (Å²) in [6, 6.07) is 14.8. The number of anilines is 1. The lowest BCUT2D eigenvalue weighted by molar-refractivity contribution is -0.114. The molecule has 0 radical (unpaired) electrons. The molecule has 0 saturated heterocycles. The Morgan fingerprint density at radius 1 is 1.12 bits per heavy atom. The van der Waals surface area contributed by atoms with Crippen molar-refractivity contribution in [1.82, 2.24) is 10.6 Å². The predicted octanol–water partition coefficient (Wildman–Crippen LogP) is 7.68. The minimum absolute atomic E-state index is 0.0576. The van der Waals surface area contributed by atoms with Crippen LogP contribution < -0.4 is 21.3 Å². The van der Waals surface area contributed by atoms with E-state index in [4.69, 9.17) is 10.5 Å². The maximum atomic E-state index is 12.3. The van der Waals surface area contributed by atoms with E-state index in [9.17, 15) is 4.79 Å². The molecule has 1 fully saturated rings. The number of Topliss-reactive ketones (excluding diaryl/α,β-unsaturated/α-hetero) is 1. The molecule has 1 aliphatic carbocycles. The molecule has 6 heteroatoms. The topological polar surface area (TPSA) is 87.5 Å². The Kier molecular flexibility index (Phi) is 21.9. The average Bonchev–Trinajstić information content (AvgIpc) is 3.00. The van der Waals surface area contributed by atoms with Gasteiger partial charge in [0.25, 0.3) is 0 Å². The van der Waals surface area contributed by atoms with Crippen LogP contribution in [-0.4, -0.2) is 38.8 Å². The maximum absolute atomic E-state index is 12.3. The van der Waals surface area contributed by atoms with Gasteiger partial charge in [0.15, 0.2) is 5.78 Å². The van der Waals surface area contributed by atoms with Crippen molar-refractivity contribution in [3.63, 3.8) is 0 Å². The molecule has 2 aromatic carbocycles. The number of hydrogen-bond acceptors (Lipinski definition) is 6. The highest BCUT2D eigenvalue weighted by Crippen LogP contribution is 2.26. The molecule has 6 nitrogen and oxygen atoms in total. The van der Waals surface area contributed by atoms with Gasteiger partial charge in [-0.25, -0.2) is 0 Å². The smallest absolute Gasteiger partial charge is 0.177 e. The summed E-state index contributed by atoms with van der Waals surface area (Å²) in [5.74, 6) is 1.12. The summed E-state index contributed by atoms with van der Waals surface area (Å²) in [5.41, 5.74) is 8.95. The zero-order valence-electron chi connectivity index (χ0n) is 27.0. The van der Waals surface area contributed by atoms with Crippen molar-refractivity contribution in [2.24, 2.45) is 11.7 Å². The Labute approximate surface area is 255 Å². The minimum Gasteiger partial charge on any atom is -0.385 e. The van der Waals surface area contributed by atoms with Gasteiger partial charge in [0.05, 0.1) is 5.70 Å². The molecule has 42 heavy (non-hydrogen) atoms. The van der Waals surface area contributed by atoms with Gasteiger partial charge in [-0.2, -0.15) is 0 Å². The van der Waals surface area contributed by atoms with Gasteiger partial charge in [0.2, 0.25) is 0 Å². The van der Waals surface area contributed by atoms with E-state index >= 15 is 0 Å². The van der Waals surface area contributed by atoms with Crippen LogP contribution >= 0.6 is 0 Å². The van der Waals surface area contributed by atoms with Gasteiger partial charge >= 0.3 is 0 Å². The van der Waals surface area contributed by atoms with E-state index < -0.39 is 0 Å². The highest BCUT2D eigenvalue weighted by Gasteiger charge is 2.15. The van der Waals surface area contributed by atoms with Gasteiger partial charge < -0.3 is 26.1 Å². The highest BCUT2D eigenvalue weighted by molar-refractivity contribution is 5.94. The number of nitrogens with two attached hydrogens (primary N) is 1. The number of hydrogen-bond donors (Lipinski definition) is 3. The molecule has 0 bridgehead atoms. The van der Waals surface area contributed by atoms with E-state index in [2.05, 4.69) is 104 Å². The molecule has 0 unspecified atom stereocenters. The van der Waals surface area contributed by atoms with E-state index in [0.717, 1.165) is 49.8 Å². The lowest BCUT2D eigenvalue weighted by atomic mass is 9.88. The highest BCUT2D eigenvalue weighted by atomic mass is 16.1. The molecule has 1 aliphatic heterocycles. The number of carbonyl (C=O) groups excluding carboxylic acids is 2. The van der Waals surface area contributed by atoms with Gasteiger partial charge in [-0.05, 0) is 68.6 Å². The fraction of sp³-hybridized carbons (Fsp3) is 0.444. The number of ketones is 1. The van der Waals surface area contributed by atoms with Crippen LogP contribution in [0, 0.1) is 5.92 Å². The van der Waals surface area contributed by atoms with Crippen LogP contribution in [0.25, 0.3) is 10.8 Å². The molecule has 0 amide bonds. The van der Waals surface area contributed by atoms with Crippen molar-refractivity contribution in [1.29, 1.82) is 0 Å². The number of dihydropyridines is 1. The van der Waals surface area contributed by atoms with Crippen molar-refractivity contribution in [2.75, 3.05) is 31.1 Å². The van der Waals surface area contributed by atoms with Gasteiger partial charge in [0.1, 0.15) is 6.79 Å². The third-order valence-electron chi connectivity index (χ3n) is 6.74. The number of fused-ring (bicyclic) bond motifs is 1. The molecule has 4 N–H and O–H groups in total. The van der Waals surface area contributed by atoms with Crippen molar-refractivity contribution in [3.05, 3.63) is 90.4 Å². The van der Waals surface area contributed by atoms with Gasteiger partial charge in [-0.15, -0.1) is 6.58 Å². The van der Waals surface area contributed by atoms with Gasteiger partial charge in [-0.3, -0.25) is 4.79 Å². The Balaban J connectivity index is 0.000000998. The molecule has 2 aliphatic rings. The second-order valence-electron chi connectivity index (χ2n) is 10.2. The Morgan fingerprint density at radius 3 is 2.17 bits per heavy atom. The molecule has 0 aromatic heterocycles. The van der Waals surface area contributed by atoms with Crippen LogP contribution in [-0.2, 0) is 9.59 Å². The van der Waals surface area contributed by atoms with E-state index in [1.165, 1.54) is 35.7 Å². The van der Waals surface area contributed by atoms with Crippen LogP contribution in [0.1, 0.15) is 73.6 Å². The summed E-state index contributed by atoms with van der Waals surface area (Å²) in [6.07, 6.45) is 14.4. The van der Waals surface area contributed by atoms with Crippen LogP contribution in [0.15, 0.2) is 90.4 Å². The largest absolute Gasteiger partial charge is 0.385 e. The fourth-order valence-electron chi connectivity index (χ4n) is 4.21. The second-order valence-corrected chi connectivity index (χ2v) is 10.2. The summed E-state index contributed by atoms with van der Waals surface area (Å²) in [5, 5.41) is 9.14. The molecule has 0 spiro atoms. The molecule has 1 heterocycles. The molecule has 2 aromatic rings. The Hall–Kier alpha value is -3.64. The minimum atomic E-state index is 0.0576. The quantitative estimate of drug-likeness (QED) is 0.210. The monoisotopic (exact) mass is 576 g/mol. The maximum Gasteiger partial charge on any atom is 0.177 e. The predicted molar refractivity (Wildman–Crippen MR) is 184 cm³/mol. The fourth-order valence-corrected chi connectivity index (χ4v) is 4.21. The van der Waals surface area contributed by atoms with Crippen molar-refractivity contribution in [2.45, 2.75) is 73.6 Å². The zero-order chi connectivity index (χ0) is 31.8. The number of rotatable bonds is 9. The summed E-state index contributed by atoms with van der Waals surface area (Å²) < 4.78 is 0. The summed E-state index contributed by atoms with van der Waals surface area (Å²) in [4.78, 5) is 22.5. The van der Waals surface area contributed by atoms with Gasteiger partial charge in [-0.1, -0.05) is 81.7 Å². The first-order chi connectivity index (χ1) is 20.3. The third kappa shape index (κ3) is 14.8. The zero-order valence-corrected chi connectivity index (χ0v) is 27.0. The number of nitrogens with one attached hydrogen (secondary N) is 2. The average molecular weight is 577 g/mol. The Bertz CT molecular complexity index is 1130. The van der Waals surface area contributed by atoms with Crippen LogP contribution in [0.2, 0.25) is 0 Å². The van der Waals surface area contributed by atoms with E-state index in [1.807, 2.05) is 20.6 Å². The second kappa shape index (κ2) is 24.0. The first-order valence-electron chi connectivity index (χ1n) is 15.2. The van der Waals surface area contributed by atoms with Crippen molar-refractivity contribution >= 4 is 29.0 Å². The van der Waals surface area contributed by atoms with E-state index in [1.54, 1.807) is 13.0 Å². The lowest BCUT2D eigenvalue weighted by Crippen LogP contribution is -2.30. The normalized spacial score (nSPS) is 13.6. The number of nitrogens with zero attached hydrogens (tertiary/aromatic N) is 1. The standard InChI is InChI=1S/C24H29N3O.C5H10.C3H9N.C3H6.CH2O/c1-4-27(23-13-12-20-9-5-6-10-21(20)17-23)18(2)24(19(3)28)26-16-14-22-11-7-8-15-25-22;1-5-3-2-4-5;1-2-3-4;1-3-2;1-2/h5-13,17,25-26H,4,14-16H2,1-3H3;5H,2-4H2,1H3;2-4H2,1H3;3H,1H2,2H3;1H2/b24-18-;;;;. The SMILES string of the molecule is C=CC.C=O.CC1CCC1.CCCN.CCN(/C(C)=C(\NCCC1=CC=CCN1)C(C)=O)c1ccc2ccccc2c1. The number of benzene rings is 2. The molecule has 1 saturated carbocycles. The lowest BCUT2D eigenvalue weighted by Gasteiger charge is -2.27. The van der Waals surface area contributed by atoms with Crippen LogP contribution in [0.5, 0.6) is 0 Å². The van der Waals surface area contributed by atoms with Crippen LogP contribution in [0.4, 0.5) is 5.69 Å². The van der Waals surface area contributed by atoms with Crippen LogP contribution in [0.3, 0.4) is 0 Å².